The second-order valence-electron chi connectivity index (χ2n) is 3.26. The average molecular weight is 217 g/mol. The topological polar surface area (TPSA) is 32.6 Å². The molecule has 0 spiro atoms. The number of nitrogens with zero attached hydrogens (tertiary/aromatic N) is 1. The molecule has 0 saturated carbocycles. The van der Waals surface area contributed by atoms with Gasteiger partial charge in [-0.2, -0.15) is 13.2 Å². The van der Waals surface area contributed by atoms with Gasteiger partial charge in [0.1, 0.15) is 0 Å². The van der Waals surface area contributed by atoms with E-state index in [9.17, 15) is 13.2 Å². The fourth-order valence-corrected chi connectivity index (χ4v) is 1.34. The molecule has 0 heterocycles. The summed E-state index contributed by atoms with van der Waals surface area (Å²) in [6.45, 7) is 3.32. The maximum Gasteiger partial charge on any atom is 0.437 e. The molecule has 0 bridgehead atoms. The van der Waals surface area contributed by atoms with E-state index in [0.29, 0.717) is 5.56 Å². The molecule has 0 radical (unpaired) electrons. The SMILES string of the molecule is Cc1ccc(C(=NO)C(F)(F)F)c(C)c1. The van der Waals surface area contributed by atoms with Crippen molar-refractivity contribution < 1.29 is 18.4 Å². The number of halogens is 3. The molecule has 1 aromatic carbocycles. The van der Waals surface area contributed by atoms with Crippen LogP contribution < -0.4 is 0 Å². The summed E-state index contributed by atoms with van der Waals surface area (Å²) in [5, 5.41) is 10.7. The first kappa shape index (κ1) is 11.6. The fourth-order valence-electron chi connectivity index (χ4n) is 1.34. The van der Waals surface area contributed by atoms with Crippen molar-refractivity contribution in [1.29, 1.82) is 0 Å². The molecular weight excluding hydrogens is 207 g/mol. The van der Waals surface area contributed by atoms with Crippen molar-refractivity contribution in [3.05, 3.63) is 34.9 Å². The Labute approximate surface area is 85.0 Å². The first-order valence-corrected chi connectivity index (χ1v) is 4.23. The predicted molar refractivity (Wildman–Crippen MR) is 50.3 cm³/mol. The van der Waals surface area contributed by atoms with Crippen molar-refractivity contribution in [2.24, 2.45) is 5.16 Å². The van der Waals surface area contributed by atoms with Crippen LogP contribution in [0.15, 0.2) is 23.4 Å². The van der Waals surface area contributed by atoms with Gasteiger partial charge in [-0.1, -0.05) is 28.9 Å². The summed E-state index contributed by atoms with van der Waals surface area (Å²) in [5.41, 5.74) is -0.0774. The van der Waals surface area contributed by atoms with Crippen LogP contribution in [0.2, 0.25) is 0 Å². The van der Waals surface area contributed by atoms with Gasteiger partial charge < -0.3 is 5.21 Å². The molecular formula is C10H10F3NO. The molecule has 0 aliphatic heterocycles. The Morgan fingerprint density at radius 2 is 1.87 bits per heavy atom. The van der Waals surface area contributed by atoms with E-state index in [0.717, 1.165) is 5.56 Å². The van der Waals surface area contributed by atoms with Gasteiger partial charge in [0, 0.05) is 5.56 Å². The Kier molecular flexibility index (Phi) is 3.02. The smallest absolute Gasteiger partial charge is 0.410 e. The van der Waals surface area contributed by atoms with Gasteiger partial charge in [0.05, 0.1) is 0 Å². The molecule has 0 fully saturated rings. The van der Waals surface area contributed by atoms with Crippen LogP contribution in [-0.4, -0.2) is 17.1 Å². The molecule has 1 N–H and O–H groups in total. The van der Waals surface area contributed by atoms with E-state index >= 15 is 0 Å². The van der Waals surface area contributed by atoms with Crippen LogP contribution in [0.3, 0.4) is 0 Å². The molecule has 0 amide bonds. The molecule has 0 aliphatic rings. The molecule has 15 heavy (non-hydrogen) atoms. The molecule has 5 heteroatoms. The van der Waals surface area contributed by atoms with Crippen molar-refractivity contribution in [3.63, 3.8) is 0 Å². The van der Waals surface area contributed by atoms with Crippen LogP contribution in [0.5, 0.6) is 0 Å². The number of hydrogen-bond acceptors (Lipinski definition) is 2. The Bertz CT molecular complexity index is 396. The minimum atomic E-state index is -4.64. The zero-order valence-electron chi connectivity index (χ0n) is 8.26. The highest BCUT2D eigenvalue weighted by atomic mass is 19.4. The van der Waals surface area contributed by atoms with Crippen molar-refractivity contribution in [2.75, 3.05) is 0 Å². The summed E-state index contributed by atoms with van der Waals surface area (Å²) in [7, 11) is 0. The van der Waals surface area contributed by atoms with Crippen molar-refractivity contribution in [2.45, 2.75) is 20.0 Å². The Morgan fingerprint density at radius 1 is 1.27 bits per heavy atom. The number of benzene rings is 1. The normalized spacial score (nSPS) is 13.0. The fraction of sp³-hybridized carbons (Fsp3) is 0.300. The highest BCUT2D eigenvalue weighted by Crippen LogP contribution is 2.24. The molecule has 0 saturated heterocycles. The van der Waals surface area contributed by atoms with Gasteiger partial charge >= 0.3 is 6.18 Å². The summed E-state index contributed by atoms with van der Waals surface area (Å²) < 4.78 is 37.2. The summed E-state index contributed by atoms with van der Waals surface area (Å²) in [6.07, 6.45) is -4.64. The first-order chi connectivity index (χ1) is 6.86. The molecule has 82 valence electrons. The molecule has 2 nitrogen and oxygen atoms in total. The molecule has 1 rings (SSSR count). The predicted octanol–water partition coefficient (Wildman–Crippen LogP) is 3.04. The number of oxime groups is 1. The first-order valence-electron chi connectivity index (χ1n) is 4.23. The summed E-state index contributed by atoms with van der Waals surface area (Å²) in [6, 6.07) is 4.44. The van der Waals surface area contributed by atoms with Gasteiger partial charge in [-0.3, -0.25) is 0 Å². The average Bonchev–Trinajstić information content (AvgIpc) is 2.07. The molecule has 0 aromatic heterocycles. The maximum absolute atomic E-state index is 12.4. The van der Waals surface area contributed by atoms with Crippen LogP contribution in [0.25, 0.3) is 0 Å². The zero-order valence-corrected chi connectivity index (χ0v) is 8.26. The van der Waals surface area contributed by atoms with E-state index in [4.69, 9.17) is 5.21 Å². The van der Waals surface area contributed by atoms with E-state index in [1.165, 1.54) is 6.07 Å². The minimum absolute atomic E-state index is 0.101. The molecule has 0 unspecified atom stereocenters. The standard InChI is InChI=1S/C10H10F3NO/c1-6-3-4-8(7(2)5-6)9(14-15)10(11,12)13/h3-5,15H,1-2H3. The highest BCUT2D eigenvalue weighted by molar-refractivity contribution is 6.05. The highest BCUT2D eigenvalue weighted by Gasteiger charge is 2.38. The molecule has 0 atom stereocenters. The van der Waals surface area contributed by atoms with Crippen molar-refractivity contribution in [1.82, 2.24) is 0 Å². The maximum atomic E-state index is 12.4. The minimum Gasteiger partial charge on any atom is -0.410 e. The lowest BCUT2D eigenvalue weighted by Crippen LogP contribution is -2.24. The number of alkyl halides is 3. The van der Waals surface area contributed by atoms with Gasteiger partial charge in [0.15, 0.2) is 5.71 Å². The van der Waals surface area contributed by atoms with Crippen LogP contribution in [0.4, 0.5) is 13.2 Å². The van der Waals surface area contributed by atoms with E-state index < -0.39 is 11.9 Å². The third-order valence-corrected chi connectivity index (χ3v) is 2.01. The van der Waals surface area contributed by atoms with Gasteiger partial charge in [0.2, 0.25) is 0 Å². The number of aryl methyl sites for hydroxylation is 2. The Morgan fingerprint density at radius 3 is 2.27 bits per heavy atom. The van der Waals surface area contributed by atoms with Gasteiger partial charge in [-0.25, -0.2) is 0 Å². The van der Waals surface area contributed by atoms with E-state index in [1.807, 2.05) is 0 Å². The lowest BCUT2D eigenvalue weighted by molar-refractivity contribution is -0.0601. The summed E-state index contributed by atoms with van der Waals surface area (Å²) in [4.78, 5) is 0. The summed E-state index contributed by atoms with van der Waals surface area (Å²) >= 11 is 0. The van der Waals surface area contributed by atoms with Gasteiger partial charge in [0.25, 0.3) is 0 Å². The van der Waals surface area contributed by atoms with Crippen LogP contribution in [0.1, 0.15) is 16.7 Å². The van der Waals surface area contributed by atoms with Crippen molar-refractivity contribution in [3.8, 4) is 0 Å². The largest absolute Gasteiger partial charge is 0.437 e. The van der Waals surface area contributed by atoms with Crippen LogP contribution >= 0.6 is 0 Å². The third-order valence-electron chi connectivity index (χ3n) is 2.01. The van der Waals surface area contributed by atoms with Crippen molar-refractivity contribution >= 4 is 5.71 Å². The van der Waals surface area contributed by atoms with E-state index in [-0.39, 0.29) is 5.56 Å². The Hall–Kier alpha value is -1.52. The van der Waals surface area contributed by atoms with Crippen LogP contribution in [0, 0.1) is 13.8 Å². The monoisotopic (exact) mass is 217 g/mol. The number of rotatable bonds is 1. The van der Waals surface area contributed by atoms with E-state index in [1.54, 1.807) is 26.0 Å². The quantitative estimate of drug-likeness (QED) is 0.437. The third kappa shape index (κ3) is 2.49. The number of hydrogen-bond donors (Lipinski definition) is 1. The van der Waals surface area contributed by atoms with Crippen LogP contribution in [-0.2, 0) is 0 Å². The second kappa shape index (κ2) is 3.92. The molecule has 1 aromatic rings. The van der Waals surface area contributed by atoms with E-state index in [2.05, 4.69) is 5.16 Å². The lowest BCUT2D eigenvalue weighted by Gasteiger charge is -2.11. The molecule has 0 aliphatic carbocycles. The zero-order chi connectivity index (χ0) is 11.6. The summed E-state index contributed by atoms with van der Waals surface area (Å²) in [5.74, 6) is 0. The Balaban J connectivity index is 3.27. The lowest BCUT2D eigenvalue weighted by atomic mass is 10.0. The second-order valence-corrected chi connectivity index (χ2v) is 3.26. The van der Waals surface area contributed by atoms with Gasteiger partial charge in [-0.05, 0) is 19.4 Å². The van der Waals surface area contributed by atoms with Gasteiger partial charge in [-0.15, -0.1) is 0 Å².